The molecule has 0 aliphatic heterocycles. The van der Waals surface area contributed by atoms with E-state index in [1.807, 2.05) is 13.8 Å². The topological polar surface area (TPSA) is 96.5 Å². The van der Waals surface area contributed by atoms with Gasteiger partial charge in [0.05, 0.1) is 0 Å². The van der Waals surface area contributed by atoms with Crippen LogP contribution in [0.15, 0.2) is 12.1 Å². The quantitative estimate of drug-likeness (QED) is 0.655. The van der Waals surface area contributed by atoms with Crippen molar-refractivity contribution in [2.45, 2.75) is 53.7 Å². The Morgan fingerprint density at radius 2 is 1.50 bits per heavy atom. The van der Waals surface area contributed by atoms with Crippen molar-refractivity contribution in [3.63, 3.8) is 0 Å². The molecule has 2 atom stereocenters. The molecule has 0 saturated carbocycles. The number of rotatable bonds is 6. The number of benzene rings is 1. The van der Waals surface area contributed by atoms with Gasteiger partial charge in [0.15, 0.2) is 6.10 Å². The zero-order valence-corrected chi connectivity index (χ0v) is 16.7. The fourth-order valence-corrected chi connectivity index (χ4v) is 2.70. The molecule has 8 heteroatoms. The van der Waals surface area contributed by atoms with Crippen molar-refractivity contribution in [3.05, 3.63) is 28.3 Å². The maximum Gasteiger partial charge on any atom is 0.279 e. The van der Waals surface area contributed by atoms with Gasteiger partial charge in [-0.1, -0.05) is 25.4 Å². The van der Waals surface area contributed by atoms with Crippen molar-refractivity contribution >= 4 is 29.3 Å². The van der Waals surface area contributed by atoms with E-state index >= 15 is 0 Å². The molecular formula is C18H26ClN3O4. The maximum absolute atomic E-state index is 12.2. The Labute approximate surface area is 158 Å². The van der Waals surface area contributed by atoms with Crippen LogP contribution in [0, 0.1) is 19.8 Å². The molecule has 1 rings (SSSR count). The van der Waals surface area contributed by atoms with Crippen LogP contribution in [0.1, 0.15) is 38.8 Å². The summed E-state index contributed by atoms with van der Waals surface area (Å²) in [6, 6.07) is 2.75. The van der Waals surface area contributed by atoms with Crippen LogP contribution < -0.4 is 20.9 Å². The lowest BCUT2D eigenvalue weighted by Gasteiger charge is -2.22. The van der Waals surface area contributed by atoms with Gasteiger partial charge in [-0.05, 0) is 49.9 Å². The number of hydrogen-bond acceptors (Lipinski definition) is 4. The molecule has 0 aromatic heterocycles. The predicted octanol–water partition coefficient (Wildman–Crippen LogP) is 2.03. The number of carbonyl (C=O) groups excluding carboxylic acids is 3. The van der Waals surface area contributed by atoms with Gasteiger partial charge in [-0.15, -0.1) is 0 Å². The van der Waals surface area contributed by atoms with Crippen LogP contribution in [0.4, 0.5) is 0 Å². The number of nitrogens with one attached hydrogen (secondary N) is 3. The molecule has 0 unspecified atom stereocenters. The lowest BCUT2D eigenvalue weighted by Crippen LogP contribution is -2.55. The van der Waals surface area contributed by atoms with Crippen molar-refractivity contribution in [1.29, 1.82) is 0 Å². The van der Waals surface area contributed by atoms with E-state index in [0.717, 1.165) is 11.1 Å². The highest BCUT2D eigenvalue weighted by atomic mass is 35.5. The molecular weight excluding hydrogens is 358 g/mol. The van der Waals surface area contributed by atoms with E-state index in [2.05, 4.69) is 16.2 Å². The smallest absolute Gasteiger partial charge is 0.279 e. The zero-order valence-electron chi connectivity index (χ0n) is 15.9. The van der Waals surface area contributed by atoms with E-state index in [-0.39, 0.29) is 11.8 Å². The summed E-state index contributed by atoms with van der Waals surface area (Å²) in [7, 11) is 0. The monoisotopic (exact) mass is 383 g/mol. The Balaban J connectivity index is 2.67. The molecule has 0 heterocycles. The predicted molar refractivity (Wildman–Crippen MR) is 99.7 cm³/mol. The lowest BCUT2D eigenvalue weighted by atomic mass is 10.0. The summed E-state index contributed by atoms with van der Waals surface area (Å²) in [5, 5.41) is 3.14. The first-order valence-electron chi connectivity index (χ1n) is 8.33. The summed E-state index contributed by atoms with van der Waals surface area (Å²) in [6.45, 7) is 10.2. The molecule has 3 amide bonds. The molecule has 7 nitrogen and oxygen atoms in total. The van der Waals surface area contributed by atoms with Crippen LogP contribution in [0.25, 0.3) is 0 Å². The van der Waals surface area contributed by atoms with Crippen LogP contribution in [0.3, 0.4) is 0 Å². The van der Waals surface area contributed by atoms with Gasteiger partial charge in [-0.2, -0.15) is 0 Å². The number of aryl methyl sites for hydroxylation is 2. The molecule has 0 fully saturated rings. The lowest BCUT2D eigenvalue weighted by molar-refractivity contribution is -0.135. The van der Waals surface area contributed by atoms with E-state index in [0.29, 0.717) is 10.8 Å². The Morgan fingerprint density at radius 3 is 1.96 bits per heavy atom. The van der Waals surface area contributed by atoms with E-state index in [1.165, 1.54) is 6.92 Å². The van der Waals surface area contributed by atoms with Gasteiger partial charge >= 0.3 is 0 Å². The van der Waals surface area contributed by atoms with Crippen molar-refractivity contribution in [2.24, 2.45) is 5.92 Å². The number of ether oxygens (including phenoxy) is 1. The third kappa shape index (κ3) is 6.22. The number of amides is 3. The standard InChI is InChI=1S/C18H26ClN3O4/c1-9(2)15(20-13(6)23)18(25)22-21-17(24)12(5)26-16-10(3)7-14(19)8-11(16)4/h7-9,12,15H,1-6H3,(H,20,23)(H,21,24)(H,22,25)/t12-,15+/m1/s1. The van der Waals surface area contributed by atoms with Gasteiger partial charge in [-0.3, -0.25) is 25.2 Å². The van der Waals surface area contributed by atoms with E-state index in [1.54, 1.807) is 32.9 Å². The van der Waals surface area contributed by atoms with Crippen LogP contribution in [-0.4, -0.2) is 29.9 Å². The second kappa shape index (κ2) is 9.43. The molecule has 0 spiro atoms. The molecule has 0 aliphatic rings. The normalized spacial score (nSPS) is 12.9. The van der Waals surface area contributed by atoms with Gasteiger partial charge in [0.1, 0.15) is 11.8 Å². The average Bonchev–Trinajstić information content (AvgIpc) is 2.52. The van der Waals surface area contributed by atoms with Gasteiger partial charge in [0, 0.05) is 11.9 Å². The van der Waals surface area contributed by atoms with Crippen molar-refractivity contribution in [2.75, 3.05) is 0 Å². The van der Waals surface area contributed by atoms with Crippen LogP contribution in [-0.2, 0) is 14.4 Å². The number of halogens is 1. The second-order valence-corrected chi connectivity index (χ2v) is 6.97. The van der Waals surface area contributed by atoms with Crippen LogP contribution >= 0.6 is 11.6 Å². The molecule has 1 aromatic rings. The molecule has 1 aromatic carbocycles. The van der Waals surface area contributed by atoms with E-state index in [9.17, 15) is 14.4 Å². The van der Waals surface area contributed by atoms with Gasteiger partial charge in [-0.25, -0.2) is 0 Å². The van der Waals surface area contributed by atoms with Gasteiger partial charge in [0.2, 0.25) is 5.91 Å². The molecule has 0 saturated heterocycles. The summed E-state index contributed by atoms with van der Waals surface area (Å²) < 4.78 is 5.71. The first-order chi connectivity index (χ1) is 12.0. The summed E-state index contributed by atoms with van der Waals surface area (Å²) in [6.07, 6.45) is -0.841. The molecule has 144 valence electrons. The number of hydrogen-bond donors (Lipinski definition) is 3. The second-order valence-electron chi connectivity index (χ2n) is 6.53. The molecule has 0 radical (unpaired) electrons. The maximum atomic E-state index is 12.2. The zero-order chi connectivity index (χ0) is 20.0. The highest BCUT2D eigenvalue weighted by molar-refractivity contribution is 6.30. The van der Waals surface area contributed by atoms with E-state index < -0.39 is 24.0 Å². The Kier molecular flexibility index (Phi) is 7.89. The Morgan fingerprint density at radius 1 is 1.00 bits per heavy atom. The van der Waals surface area contributed by atoms with Gasteiger partial charge < -0.3 is 10.1 Å². The molecule has 3 N–H and O–H groups in total. The average molecular weight is 384 g/mol. The third-order valence-electron chi connectivity index (χ3n) is 3.71. The summed E-state index contributed by atoms with van der Waals surface area (Å²) in [4.78, 5) is 35.5. The molecule has 0 bridgehead atoms. The largest absolute Gasteiger partial charge is 0.480 e. The highest BCUT2D eigenvalue weighted by Gasteiger charge is 2.24. The van der Waals surface area contributed by atoms with E-state index in [4.69, 9.17) is 16.3 Å². The highest BCUT2D eigenvalue weighted by Crippen LogP contribution is 2.27. The summed E-state index contributed by atoms with van der Waals surface area (Å²) in [5.74, 6) is -0.909. The summed E-state index contributed by atoms with van der Waals surface area (Å²) in [5.41, 5.74) is 6.26. The van der Waals surface area contributed by atoms with Crippen LogP contribution in [0.2, 0.25) is 5.02 Å². The van der Waals surface area contributed by atoms with Gasteiger partial charge in [0.25, 0.3) is 11.8 Å². The fourth-order valence-electron chi connectivity index (χ4n) is 2.37. The minimum Gasteiger partial charge on any atom is -0.480 e. The Bertz CT molecular complexity index is 668. The molecule has 26 heavy (non-hydrogen) atoms. The third-order valence-corrected chi connectivity index (χ3v) is 3.92. The van der Waals surface area contributed by atoms with Crippen molar-refractivity contribution < 1.29 is 19.1 Å². The Hall–Kier alpha value is -2.28. The summed E-state index contributed by atoms with van der Waals surface area (Å²) >= 11 is 5.98. The van der Waals surface area contributed by atoms with Crippen LogP contribution in [0.5, 0.6) is 5.75 Å². The first-order valence-corrected chi connectivity index (χ1v) is 8.71. The minimum atomic E-state index is -0.841. The SMILES string of the molecule is CC(=O)N[C@H](C(=O)NNC(=O)[C@@H](C)Oc1c(C)cc(Cl)cc1C)C(C)C. The van der Waals surface area contributed by atoms with Crippen molar-refractivity contribution in [1.82, 2.24) is 16.2 Å². The van der Waals surface area contributed by atoms with Crippen molar-refractivity contribution in [3.8, 4) is 5.75 Å². The number of carbonyl (C=O) groups is 3. The number of hydrazine groups is 1. The fraction of sp³-hybridized carbons (Fsp3) is 0.500. The molecule has 0 aliphatic carbocycles. The minimum absolute atomic E-state index is 0.135. The first kappa shape index (κ1) is 21.8.